The lowest BCUT2D eigenvalue weighted by Crippen LogP contribution is -2.09. The molecule has 4 heteroatoms. The lowest BCUT2D eigenvalue weighted by molar-refractivity contribution is 0.488. The van der Waals surface area contributed by atoms with Crippen molar-refractivity contribution in [3.8, 4) is 0 Å². The second-order valence-corrected chi connectivity index (χ2v) is 2.69. The normalized spacial score (nSPS) is 10.7. The quantitative estimate of drug-likeness (QED) is 0.651. The predicted molar refractivity (Wildman–Crippen MR) is 39.3 cm³/mol. The van der Waals surface area contributed by atoms with E-state index in [-0.39, 0.29) is 0 Å². The smallest absolute Gasteiger partial charge is 0.218 e. The molecule has 0 aliphatic carbocycles. The number of rotatable bonds is 2. The Hall–Kier alpha value is -1.06. The lowest BCUT2D eigenvalue weighted by atomic mass is 10.2. The van der Waals surface area contributed by atoms with Gasteiger partial charge in [0.2, 0.25) is 5.95 Å². The van der Waals surface area contributed by atoms with Crippen molar-refractivity contribution in [3.05, 3.63) is 6.33 Å². The third kappa shape index (κ3) is 1.46. The maximum Gasteiger partial charge on any atom is 0.218 e. The van der Waals surface area contributed by atoms with Crippen LogP contribution in [0.3, 0.4) is 0 Å². The first-order valence-electron chi connectivity index (χ1n) is 3.33. The Kier molecular flexibility index (Phi) is 1.89. The lowest BCUT2D eigenvalue weighted by Gasteiger charge is -2.04. The van der Waals surface area contributed by atoms with E-state index in [9.17, 15) is 0 Å². The van der Waals surface area contributed by atoms with E-state index in [1.807, 2.05) is 0 Å². The van der Waals surface area contributed by atoms with E-state index in [0.717, 1.165) is 6.54 Å². The van der Waals surface area contributed by atoms with Crippen molar-refractivity contribution in [2.75, 3.05) is 5.73 Å². The number of aromatic nitrogens is 3. The van der Waals surface area contributed by atoms with Crippen molar-refractivity contribution in [1.29, 1.82) is 0 Å². The summed E-state index contributed by atoms with van der Waals surface area (Å²) in [5.41, 5.74) is 5.48. The molecule has 0 aliphatic rings. The number of nitrogens with zero attached hydrogens (tertiary/aromatic N) is 3. The highest BCUT2D eigenvalue weighted by Crippen LogP contribution is 2.00. The Bertz CT molecular complexity index is 203. The van der Waals surface area contributed by atoms with Gasteiger partial charge in [-0.1, -0.05) is 13.8 Å². The zero-order chi connectivity index (χ0) is 7.56. The Balaban J connectivity index is 2.65. The van der Waals surface area contributed by atoms with Crippen molar-refractivity contribution < 1.29 is 0 Å². The average Bonchev–Trinajstić information content (AvgIpc) is 2.15. The number of anilines is 1. The second-order valence-electron chi connectivity index (χ2n) is 2.69. The molecule has 0 saturated heterocycles. The van der Waals surface area contributed by atoms with Crippen molar-refractivity contribution in [1.82, 2.24) is 14.8 Å². The van der Waals surface area contributed by atoms with Gasteiger partial charge in [0, 0.05) is 6.54 Å². The highest BCUT2D eigenvalue weighted by molar-refractivity contribution is 5.12. The molecule has 1 rings (SSSR count). The molecule has 2 N–H and O–H groups in total. The summed E-state index contributed by atoms with van der Waals surface area (Å²) < 4.78 is 1.70. The highest BCUT2D eigenvalue weighted by atomic mass is 15.4. The first-order chi connectivity index (χ1) is 4.70. The topological polar surface area (TPSA) is 56.7 Å². The van der Waals surface area contributed by atoms with Gasteiger partial charge in [-0.25, -0.2) is 9.67 Å². The van der Waals surface area contributed by atoms with Gasteiger partial charge in [0.25, 0.3) is 0 Å². The largest absolute Gasteiger partial charge is 0.368 e. The van der Waals surface area contributed by atoms with E-state index >= 15 is 0 Å². The SMILES string of the molecule is CC(C)Cn1ncnc1N. The molecule has 1 heterocycles. The molecule has 0 radical (unpaired) electrons. The first-order valence-corrected chi connectivity index (χ1v) is 3.33. The Morgan fingerprint density at radius 2 is 2.40 bits per heavy atom. The van der Waals surface area contributed by atoms with Crippen LogP contribution in [0, 0.1) is 5.92 Å². The van der Waals surface area contributed by atoms with Crippen LogP contribution in [0.1, 0.15) is 13.8 Å². The molecule has 4 nitrogen and oxygen atoms in total. The van der Waals surface area contributed by atoms with E-state index in [2.05, 4.69) is 23.9 Å². The van der Waals surface area contributed by atoms with Crippen LogP contribution in [-0.2, 0) is 6.54 Å². The molecule has 10 heavy (non-hydrogen) atoms. The molecule has 0 atom stereocenters. The maximum absolute atomic E-state index is 5.48. The van der Waals surface area contributed by atoms with Gasteiger partial charge in [-0.2, -0.15) is 5.10 Å². The van der Waals surface area contributed by atoms with Crippen LogP contribution in [0.2, 0.25) is 0 Å². The number of hydrogen-bond acceptors (Lipinski definition) is 3. The predicted octanol–water partition coefficient (Wildman–Crippen LogP) is 0.516. The molecule has 56 valence electrons. The van der Waals surface area contributed by atoms with Gasteiger partial charge in [-0.05, 0) is 5.92 Å². The van der Waals surface area contributed by atoms with Crippen LogP contribution < -0.4 is 5.73 Å². The molecule has 0 aliphatic heterocycles. The van der Waals surface area contributed by atoms with Crippen molar-refractivity contribution in [3.63, 3.8) is 0 Å². The van der Waals surface area contributed by atoms with Crippen LogP contribution in [-0.4, -0.2) is 14.8 Å². The van der Waals surface area contributed by atoms with Gasteiger partial charge in [-0.15, -0.1) is 0 Å². The minimum Gasteiger partial charge on any atom is -0.368 e. The summed E-state index contributed by atoms with van der Waals surface area (Å²) in [4.78, 5) is 3.80. The summed E-state index contributed by atoms with van der Waals surface area (Å²) in [6.45, 7) is 5.06. The van der Waals surface area contributed by atoms with Gasteiger partial charge in [0.05, 0.1) is 0 Å². The minimum atomic E-state index is 0.494. The molecule has 0 spiro atoms. The summed E-state index contributed by atoms with van der Waals surface area (Å²) in [6.07, 6.45) is 1.47. The van der Waals surface area contributed by atoms with Crippen molar-refractivity contribution in [2.24, 2.45) is 5.92 Å². The zero-order valence-electron chi connectivity index (χ0n) is 6.28. The fraction of sp³-hybridized carbons (Fsp3) is 0.667. The maximum atomic E-state index is 5.48. The van der Waals surface area contributed by atoms with Gasteiger partial charge < -0.3 is 5.73 Å². The third-order valence-electron chi connectivity index (χ3n) is 1.18. The monoisotopic (exact) mass is 140 g/mol. The number of nitrogens with two attached hydrogens (primary N) is 1. The number of nitrogen functional groups attached to an aromatic ring is 1. The van der Waals surface area contributed by atoms with Crippen molar-refractivity contribution >= 4 is 5.95 Å². The average molecular weight is 140 g/mol. The molecule has 0 unspecified atom stereocenters. The minimum absolute atomic E-state index is 0.494. The third-order valence-corrected chi connectivity index (χ3v) is 1.18. The van der Waals surface area contributed by atoms with E-state index in [1.54, 1.807) is 4.68 Å². The molecular weight excluding hydrogens is 128 g/mol. The fourth-order valence-electron chi connectivity index (χ4n) is 0.760. The van der Waals surface area contributed by atoms with Gasteiger partial charge >= 0.3 is 0 Å². The Morgan fingerprint density at radius 1 is 1.70 bits per heavy atom. The van der Waals surface area contributed by atoms with E-state index < -0.39 is 0 Å². The standard InChI is InChI=1S/C6H12N4/c1-5(2)3-10-6(7)8-4-9-10/h4-5H,3H2,1-2H3,(H2,7,8,9). The molecule has 0 fully saturated rings. The first kappa shape index (κ1) is 7.05. The summed E-state index contributed by atoms with van der Waals surface area (Å²) in [5.74, 6) is 1.05. The zero-order valence-corrected chi connectivity index (χ0v) is 6.28. The summed E-state index contributed by atoms with van der Waals surface area (Å²) in [5, 5.41) is 3.94. The van der Waals surface area contributed by atoms with Gasteiger partial charge in [0.15, 0.2) is 0 Å². The molecule has 0 aromatic carbocycles. The van der Waals surface area contributed by atoms with E-state index in [1.165, 1.54) is 6.33 Å². The summed E-state index contributed by atoms with van der Waals surface area (Å²) in [7, 11) is 0. The number of hydrogen-bond donors (Lipinski definition) is 1. The molecule has 0 saturated carbocycles. The van der Waals surface area contributed by atoms with Crippen molar-refractivity contribution in [2.45, 2.75) is 20.4 Å². The molecular formula is C6H12N4. The highest BCUT2D eigenvalue weighted by Gasteiger charge is 2.00. The van der Waals surface area contributed by atoms with E-state index in [4.69, 9.17) is 5.73 Å². The molecule has 1 aromatic rings. The Morgan fingerprint density at radius 3 is 2.80 bits per heavy atom. The van der Waals surface area contributed by atoms with Gasteiger partial charge in [-0.3, -0.25) is 0 Å². The Labute approximate surface area is 60.1 Å². The van der Waals surface area contributed by atoms with Crippen LogP contribution in [0.5, 0.6) is 0 Å². The van der Waals surface area contributed by atoms with E-state index in [0.29, 0.717) is 11.9 Å². The summed E-state index contributed by atoms with van der Waals surface area (Å²) >= 11 is 0. The van der Waals surface area contributed by atoms with Gasteiger partial charge in [0.1, 0.15) is 6.33 Å². The molecule has 0 amide bonds. The van der Waals surface area contributed by atoms with Crippen LogP contribution in [0.15, 0.2) is 6.33 Å². The van der Waals surface area contributed by atoms with Crippen LogP contribution in [0.25, 0.3) is 0 Å². The molecule has 0 bridgehead atoms. The second kappa shape index (κ2) is 2.68. The van der Waals surface area contributed by atoms with Crippen LogP contribution >= 0.6 is 0 Å². The van der Waals surface area contributed by atoms with Crippen LogP contribution in [0.4, 0.5) is 5.95 Å². The summed E-state index contributed by atoms with van der Waals surface area (Å²) in [6, 6.07) is 0. The molecule has 1 aromatic heterocycles. The fourth-order valence-corrected chi connectivity index (χ4v) is 0.760.